The topological polar surface area (TPSA) is 80.0 Å². The number of nitrogens with two attached hydrogens (primary N) is 1. The van der Waals surface area contributed by atoms with Gasteiger partial charge in [0.25, 0.3) is 5.91 Å². The van der Waals surface area contributed by atoms with Crippen molar-refractivity contribution in [1.82, 2.24) is 10.2 Å². The van der Waals surface area contributed by atoms with Crippen molar-refractivity contribution in [2.45, 2.75) is 39.0 Å². The molecule has 0 saturated heterocycles. The van der Waals surface area contributed by atoms with E-state index in [2.05, 4.69) is 45.1 Å². The minimum atomic E-state index is -0.463. The average molecular weight is 521 g/mol. The quantitative estimate of drug-likeness (QED) is 0.244. The number of amides is 1. The van der Waals surface area contributed by atoms with Gasteiger partial charge >= 0.3 is 0 Å². The molecular weight excluding hydrogens is 487 g/mol. The Morgan fingerprint density at radius 3 is 2.73 bits per heavy atom. The second-order valence-electron chi connectivity index (χ2n) is 7.95. The Morgan fingerprint density at radius 2 is 2.00 bits per heavy atom. The predicted octanol–water partition coefficient (Wildman–Crippen LogP) is 4.55. The number of carbonyl (C=O) groups excluding carboxylic acids is 1. The lowest BCUT2D eigenvalue weighted by Gasteiger charge is -2.14. The molecule has 6 nitrogen and oxygen atoms in total. The molecule has 33 heavy (non-hydrogen) atoms. The van der Waals surface area contributed by atoms with Crippen LogP contribution in [0.15, 0.2) is 45.9 Å². The number of carbonyl (C=O) groups is 1. The largest absolute Gasteiger partial charge is 0.496 e. The lowest BCUT2D eigenvalue weighted by Crippen LogP contribution is -2.37. The molecule has 0 radical (unpaired) electrons. The van der Waals surface area contributed by atoms with Gasteiger partial charge in [0, 0.05) is 22.1 Å². The Morgan fingerprint density at radius 1 is 1.21 bits per heavy atom. The number of ether oxygens (including phenoxy) is 1. The van der Waals surface area contributed by atoms with E-state index in [9.17, 15) is 9.18 Å². The fourth-order valence-corrected chi connectivity index (χ4v) is 4.05. The lowest BCUT2D eigenvalue weighted by atomic mass is 9.98. The van der Waals surface area contributed by atoms with Crippen LogP contribution in [0.3, 0.4) is 0 Å². The number of rotatable bonds is 12. The molecule has 0 atom stereocenters. The van der Waals surface area contributed by atoms with Crippen molar-refractivity contribution in [1.29, 1.82) is 0 Å². The molecule has 0 aliphatic heterocycles. The highest BCUT2D eigenvalue weighted by molar-refractivity contribution is 9.10. The Bertz CT molecular complexity index is 952. The Labute approximate surface area is 204 Å². The van der Waals surface area contributed by atoms with Crippen LogP contribution in [0.1, 0.15) is 47.7 Å². The molecule has 0 aliphatic carbocycles. The van der Waals surface area contributed by atoms with Crippen LogP contribution in [0.4, 0.5) is 4.39 Å². The number of nitrogens with zero attached hydrogens (tertiary/aromatic N) is 2. The fraction of sp³-hybridized carbons (Fsp3) is 0.440. The monoisotopic (exact) mass is 520 g/mol. The van der Waals surface area contributed by atoms with E-state index in [4.69, 9.17) is 10.5 Å². The third kappa shape index (κ3) is 8.78. The zero-order chi connectivity index (χ0) is 24.2. The highest BCUT2D eigenvalue weighted by atomic mass is 79.9. The summed E-state index contributed by atoms with van der Waals surface area (Å²) in [4.78, 5) is 19.3. The Hall–Kier alpha value is -2.45. The molecule has 0 heterocycles. The van der Waals surface area contributed by atoms with Crippen LogP contribution < -0.4 is 15.8 Å². The maximum atomic E-state index is 14.6. The van der Waals surface area contributed by atoms with Crippen molar-refractivity contribution in [2.75, 3.05) is 33.8 Å². The van der Waals surface area contributed by atoms with Gasteiger partial charge in [0.1, 0.15) is 11.6 Å². The number of benzene rings is 2. The van der Waals surface area contributed by atoms with Crippen LogP contribution in [-0.2, 0) is 12.8 Å². The molecule has 2 rings (SSSR count). The third-order valence-electron chi connectivity index (χ3n) is 5.33. The van der Waals surface area contributed by atoms with Gasteiger partial charge in [-0.3, -0.25) is 15.1 Å². The van der Waals surface area contributed by atoms with E-state index >= 15 is 0 Å². The van der Waals surface area contributed by atoms with Crippen molar-refractivity contribution >= 4 is 27.8 Å². The number of hydrogen-bond donors (Lipinski definition) is 2. The summed E-state index contributed by atoms with van der Waals surface area (Å²) in [7, 11) is 3.70. The van der Waals surface area contributed by atoms with Gasteiger partial charge in [-0.15, -0.1) is 0 Å². The van der Waals surface area contributed by atoms with Gasteiger partial charge in [-0.25, -0.2) is 4.39 Å². The molecule has 0 unspecified atom stereocenters. The van der Waals surface area contributed by atoms with E-state index in [1.54, 1.807) is 13.2 Å². The molecule has 2 aromatic carbocycles. The Balaban J connectivity index is 1.99. The second-order valence-corrected chi connectivity index (χ2v) is 8.87. The summed E-state index contributed by atoms with van der Waals surface area (Å²) >= 11 is 3.45. The molecule has 0 fully saturated rings. The normalized spacial score (nSPS) is 11.6. The van der Waals surface area contributed by atoms with Gasteiger partial charge in [0.15, 0.2) is 5.96 Å². The smallest absolute Gasteiger partial charge is 0.258 e. The van der Waals surface area contributed by atoms with Gasteiger partial charge in [-0.1, -0.05) is 28.9 Å². The molecular formula is C25H34BrFN4O2. The second kappa shape index (κ2) is 14.0. The van der Waals surface area contributed by atoms with E-state index < -0.39 is 11.7 Å². The predicted molar refractivity (Wildman–Crippen MR) is 135 cm³/mol. The number of aryl methyl sites for hydroxylation is 1. The maximum absolute atomic E-state index is 14.6. The summed E-state index contributed by atoms with van der Waals surface area (Å²) in [6.45, 7) is 4.77. The van der Waals surface area contributed by atoms with E-state index in [0.29, 0.717) is 24.9 Å². The van der Waals surface area contributed by atoms with Crippen LogP contribution in [-0.4, -0.2) is 50.6 Å². The minimum Gasteiger partial charge on any atom is -0.496 e. The molecule has 0 spiro atoms. The summed E-state index contributed by atoms with van der Waals surface area (Å²) in [5.74, 6) is -0.124. The number of halogens is 2. The highest BCUT2D eigenvalue weighted by Gasteiger charge is 2.17. The summed E-state index contributed by atoms with van der Waals surface area (Å²) in [6.07, 6.45) is 3.87. The third-order valence-corrected chi connectivity index (χ3v) is 5.82. The summed E-state index contributed by atoms with van der Waals surface area (Å²) in [5, 5.41) is 2.59. The van der Waals surface area contributed by atoms with Crippen molar-refractivity contribution in [3.05, 3.63) is 63.4 Å². The van der Waals surface area contributed by atoms with Crippen molar-refractivity contribution in [3.8, 4) is 5.75 Å². The van der Waals surface area contributed by atoms with E-state index in [1.807, 2.05) is 18.2 Å². The number of unbranched alkanes of at least 4 members (excludes halogenated alkanes) is 1. The SMILES string of the molecule is CCCN(C)CCCCN=C(N)NC(=O)c1cccc(F)c1CCc1cc(Br)ccc1OC. The molecule has 0 bridgehead atoms. The van der Waals surface area contributed by atoms with Crippen LogP contribution >= 0.6 is 15.9 Å². The first-order chi connectivity index (χ1) is 15.8. The fourth-order valence-electron chi connectivity index (χ4n) is 3.64. The molecule has 0 aromatic heterocycles. The van der Waals surface area contributed by atoms with Crippen molar-refractivity contribution < 1.29 is 13.9 Å². The molecule has 2 aromatic rings. The van der Waals surface area contributed by atoms with E-state index in [1.165, 1.54) is 12.1 Å². The maximum Gasteiger partial charge on any atom is 0.258 e. The van der Waals surface area contributed by atoms with Gasteiger partial charge < -0.3 is 15.4 Å². The van der Waals surface area contributed by atoms with Crippen LogP contribution in [0.2, 0.25) is 0 Å². The average Bonchev–Trinajstić information content (AvgIpc) is 2.78. The molecule has 1 amide bonds. The molecule has 8 heteroatoms. The highest BCUT2D eigenvalue weighted by Crippen LogP contribution is 2.25. The number of methoxy groups -OCH3 is 1. The summed E-state index contributed by atoms with van der Waals surface area (Å²) in [6, 6.07) is 10.2. The van der Waals surface area contributed by atoms with Gasteiger partial charge in [0.2, 0.25) is 0 Å². The van der Waals surface area contributed by atoms with Crippen LogP contribution in [0.25, 0.3) is 0 Å². The summed E-state index contributed by atoms with van der Waals surface area (Å²) in [5.41, 5.74) is 7.41. The molecule has 0 aliphatic rings. The molecule has 0 saturated carbocycles. The van der Waals surface area contributed by atoms with Gasteiger partial charge in [0.05, 0.1) is 7.11 Å². The van der Waals surface area contributed by atoms with E-state index in [0.717, 1.165) is 48.1 Å². The van der Waals surface area contributed by atoms with Crippen molar-refractivity contribution in [3.63, 3.8) is 0 Å². The van der Waals surface area contributed by atoms with Crippen LogP contribution in [0, 0.1) is 5.82 Å². The zero-order valence-electron chi connectivity index (χ0n) is 19.7. The Kier molecular flexibility index (Phi) is 11.3. The molecule has 3 N–H and O–H groups in total. The summed E-state index contributed by atoms with van der Waals surface area (Å²) < 4.78 is 20.9. The van der Waals surface area contributed by atoms with Crippen molar-refractivity contribution in [2.24, 2.45) is 10.7 Å². The van der Waals surface area contributed by atoms with Crippen LogP contribution in [0.5, 0.6) is 5.75 Å². The van der Waals surface area contributed by atoms with Gasteiger partial charge in [-0.2, -0.15) is 0 Å². The number of guanidine groups is 1. The number of nitrogens with one attached hydrogen (secondary N) is 1. The van der Waals surface area contributed by atoms with Gasteiger partial charge in [-0.05, 0) is 88.1 Å². The lowest BCUT2D eigenvalue weighted by molar-refractivity contribution is 0.0975. The first-order valence-corrected chi connectivity index (χ1v) is 12.0. The standard InChI is InChI=1S/C25H34BrFN4O2/c1-4-15-31(2)16-6-5-14-29-25(28)30-24(32)21-8-7-9-22(27)20(21)12-10-18-17-19(26)11-13-23(18)33-3/h7-9,11,13,17H,4-6,10,12,14-16H2,1-3H3,(H3,28,29,30,32). The first-order valence-electron chi connectivity index (χ1n) is 11.2. The zero-order valence-corrected chi connectivity index (χ0v) is 21.3. The first kappa shape index (κ1) is 26.8. The van der Waals surface area contributed by atoms with E-state index in [-0.39, 0.29) is 11.5 Å². The number of aliphatic imine (C=N–C) groups is 1. The number of hydrogen-bond acceptors (Lipinski definition) is 4. The molecule has 180 valence electrons. The minimum absolute atomic E-state index is 0.0470.